The highest BCUT2D eigenvalue weighted by Gasteiger charge is 2.48. The van der Waals surface area contributed by atoms with Gasteiger partial charge in [-0.15, -0.1) is 6.58 Å². The number of pyridine rings is 1. The van der Waals surface area contributed by atoms with Gasteiger partial charge in [-0.25, -0.2) is 4.39 Å². The van der Waals surface area contributed by atoms with Crippen LogP contribution in [0.15, 0.2) is 73.4 Å². The summed E-state index contributed by atoms with van der Waals surface area (Å²) in [5.41, 5.74) is 3.55. The molecule has 0 fully saturated rings. The van der Waals surface area contributed by atoms with Crippen molar-refractivity contribution in [3.8, 4) is 5.75 Å². The number of hydrogen-bond acceptors (Lipinski definition) is 3. The topological polar surface area (TPSA) is 84.6 Å². The first-order chi connectivity index (χ1) is 14.8. The Labute approximate surface area is 178 Å². The van der Waals surface area contributed by atoms with E-state index in [1.165, 1.54) is 18.2 Å². The van der Waals surface area contributed by atoms with Crippen LogP contribution in [-0.4, -0.2) is 26.4 Å². The fraction of sp³-hybridized carbons (Fsp3) is 0.174. The van der Waals surface area contributed by atoms with Crippen LogP contribution in [0.25, 0.3) is 21.9 Å². The van der Waals surface area contributed by atoms with Crippen molar-refractivity contribution < 1.29 is 23.5 Å². The summed E-state index contributed by atoms with van der Waals surface area (Å²) in [5.74, 6) is 0.737. The lowest BCUT2D eigenvalue weighted by Crippen LogP contribution is -2.19. The number of hydrogen-bond donors (Lipinski definition) is 2. The zero-order chi connectivity index (χ0) is 22.2. The lowest BCUT2D eigenvalue weighted by Gasteiger charge is -2.25. The van der Waals surface area contributed by atoms with Crippen LogP contribution in [-0.2, 0) is 16.5 Å². The van der Waals surface area contributed by atoms with E-state index >= 15 is 4.39 Å². The predicted octanol–water partition coefficient (Wildman–Crippen LogP) is 5.12. The van der Waals surface area contributed by atoms with E-state index in [-0.39, 0.29) is 5.56 Å². The summed E-state index contributed by atoms with van der Waals surface area (Å²) in [7, 11) is -3.42. The number of alkyl halides is 1. The average molecular weight is 440 g/mol. The molecule has 4 rings (SSSR count). The highest BCUT2D eigenvalue weighted by atomic mass is 31.2. The molecule has 2 heterocycles. The minimum absolute atomic E-state index is 0.0712. The van der Waals surface area contributed by atoms with Crippen molar-refractivity contribution in [2.75, 3.05) is 7.11 Å². The molecule has 0 bridgehead atoms. The number of benzene rings is 2. The van der Waals surface area contributed by atoms with Crippen LogP contribution in [0.1, 0.15) is 17.5 Å². The SMILES string of the molecule is C=CCC(F)(c1ccc(Cn2c3ccc(OC)cc3c3ncccc32)cc1)P(=O)(O)O. The third-order valence-corrected chi connectivity index (χ3v) is 6.80. The van der Waals surface area contributed by atoms with E-state index < -0.39 is 19.4 Å². The summed E-state index contributed by atoms with van der Waals surface area (Å²) in [5, 5.41) is -1.83. The molecule has 0 saturated carbocycles. The molecule has 1 atom stereocenters. The standard InChI is InChI=1S/C23H22FN2O4P/c1-3-12-23(24,31(27,28)29)17-8-6-16(7-9-17)15-26-20-11-10-18(30-2)14-19(20)22-21(26)5-4-13-25-22/h3-11,13-14H,1,12,15H2,2H3,(H2,27,28,29). The first-order valence-electron chi connectivity index (χ1n) is 9.64. The molecule has 160 valence electrons. The summed E-state index contributed by atoms with van der Waals surface area (Å²) >= 11 is 0. The highest BCUT2D eigenvalue weighted by Crippen LogP contribution is 2.60. The molecule has 4 aromatic rings. The monoisotopic (exact) mass is 440 g/mol. The Morgan fingerprint density at radius 3 is 2.58 bits per heavy atom. The van der Waals surface area contributed by atoms with Crippen molar-refractivity contribution in [1.29, 1.82) is 0 Å². The molecule has 0 spiro atoms. The first-order valence-corrected chi connectivity index (χ1v) is 11.3. The Balaban J connectivity index is 1.76. The van der Waals surface area contributed by atoms with Gasteiger partial charge < -0.3 is 19.1 Å². The average Bonchev–Trinajstić information content (AvgIpc) is 3.06. The molecule has 8 heteroatoms. The van der Waals surface area contributed by atoms with Gasteiger partial charge in [-0.2, -0.15) is 0 Å². The molecule has 0 radical (unpaired) electrons. The summed E-state index contributed by atoms with van der Waals surface area (Å²) in [6.07, 6.45) is 2.44. The van der Waals surface area contributed by atoms with E-state index in [1.54, 1.807) is 25.4 Å². The largest absolute Gasteiger partial charge is 0.497 e. The summed E-state index contributed by atoms with van der Waals surface area (Å²) in [6.45, 7) is 3.90. The van der Waals surface area contributed by atoms with Gasteiger partial charge in [-0.1, -0.05) is 30.3 Å². The normalized spacial score (nSPS) is 13.9. The van der Waals surface area contributed by atoms with Crippen LogP contribution < -0.4 is 4.74 Å². The molecular weight excluding hydrogens is 418 g/mol. The molecule has 0 amide bonds. The number of allylic oxidation sites excluding steroid dienone is 1. The lowest BCUT2D eigenvalue weighted by atomic mass is 10.0. The third kappa shape index (κ3) is 3.65. The van der Waals surface area contributed by atoms with Crippen molar-refractivity contribution in [3.05, 3.63) is 84.6 Å². The van der Waals surface area contributed by atoms with Gasteiger partial charge in [0.05, 0.1) is 23.7 Å². The number of methoxy groups -OCH3 is 1. The van der Waals surface area contributed by atoms with Crippen LogP contribution in [0, 0.1) is 0 Å². The summed E-state index contributed by atoms with van der Waals surface area (Å²) in [4.78, 5) is 23.6. The van der Waals surface area contributed by atoms with Gasteiger partial charge in [0, 0.05) is 30.1 Å². The summed E-state index contributed by atoms with van der Waals surface area (Å²) < 4.78 is 34.4. The Morgan fingerprint density at radius 2 is 1.94 bits per heavy atom. The minimum atomic E-state index is -5.03. The van der Waals surface area contributed by atoms with Crippen molar-refractivity contribution in [1.82, 2.24) is 9.55 Å². The second kappa shape index (κ2) is 7.93. The van der Waals surface area contributed by atoms with Crippen LogP contribution in [0.2, 0.25) is 0 Å². The molecule has 1 unspecified atom stereocenters. The first kappa shape index (κ1) is 21.2. The fourth-order valence-electron chi connectivity index (χ4n) is 3.83. The van der Waals surface area contributed by atoms with Gasteiger partial charge >= 0.3 is 7.60 Å². The lowest BCUT2D eigenvalue weighted by molar-refractivity contribution is 0.205. The highest BCUT2D eigenvalue weighted by molar-refractivity contribution is 7.52. The van der Waals surface area contributed by atoms with E-state index in [9.17, 15) is 14.4 Å². The Hall–Kier alpha value is -2.99. The van der Waals surface area contributed by atoms with Gasteiger partial charge in [-0.3, -0.25) is 9.55 Å². The second-order valence-corrected chi connectivity index (χ2v) is 9.13. The Bertz CT molecular complexity index is 1310. The molecule has 2 aromatic carbocycles. The van der Waals surface area contributed by atoms with Crippen molar-refractivity contribution in [2.45, 2.75) is 18.4 Å². The molecule has 2 N–H and O–H groups in total. The van der Waals surface area contributed by atoms with Crippen molar-refractivity contribution in [3.63, 3.8) is 0 Å². The molecular formula is C23H22FN2O4P. The predicted molar refractivity (Wildman–Crippen MR) is 119 cm³/mol. The van der Waals surface area contributed by atoms with Crippen LogP contribution in [0.5, 0.6) is 5.75 Å². The molecule has 6 nitrogen and oxygen atoms in total. The fourth-order valence-corrected chi connectivity index (χ4v) is 4.69. The van der Waals surface area contributed by atoms with Crippen LogP contribution in [0.4, 0.5) is 4.39 Å². The van der Waals surface area contributed by atoms with Gasteiger partial charge in [-0.05, 0) is 35.9 Å². The molecule has 0 saturated heterocycles. The molecule has 2 aromatic heterocycles. The maximum absolute atomic E-state index is 15.2. The smallest absolute Gasteiger partial charge is 0.367 e. The van der Waals surface area contributed by atoms with Gasteiger partial charge in [0.2, 0.25) is 5.41 Å². The van der Waals surface area contributed by atoms with Gasteiger partial charge in [0.25, 0.3) is 0 Å². The molecule has 0 aliphatic rings. The van der Waals surface area contributed by atoms with E-state index in [0.29, 0.717) is 6.54 Å². The van der Waals surface area contributed by atoms with E-state index in [2.05, 4.69) is 16.1 Å². The van der Waals surface area contributed by atoms with E-state index in [0.717, 1.165) is 33.2 Å². The number of nitrogens with zero attached hydrogens (tertiary/aromatic N) is 2. The number of halogens is 1. The minimum Gasteiger partial charge on any atom is -0.497 e. The van der Waals surface area contributed by atoms with Crippen LogP contribution >= 0.6 is 7.60 Å². The maximum Gasteiger partial charge on any atom is 0.367 e. The third-order valence-electron chi connectivity index (χ3n) is 5.44. The molecule has 0 aliphatic carbocycles. The Morgan fingerprint density at radius 1 is 1.19 bits per heavy atom. The van der Waals surface area contributed by atoms with Crippen molar-refractivity contribution >= 4 is 29.5 Å². The molecule has 0 aliphatic heterocycles. The molecule has 31 heavy (non-hydrogen) atoms. The zero-order valence-corrected chi connectivity index (χ0v) is 17.8. The van der Waals surface area contributed by atoms with E-state index in [1.807, 2.05) is 30.3 Å². The summed E-state index contributed by atoms with van der Waals surface area (Å²) in [6, 6.07) is 15.8. The van der Waals surface area contributed by atoms with Crippen molar-refractivity contribution in [2.24, 2.45) is 0 Å². The van der Waals surface area contributed by atoms with Crippen LogP contribution in [0.3, 0.4) is 0 Å². The van der Waals surface area contributed by atoms with E-state index in [4.69, 9.17) is 4.74 Å². The zero-order valence-electron chi connectivity index (χ0n) is 16.9. The maximum atomic E-state index is 15.2. The number of rotatable bonds is 7. The number of fused-ring (bicyclic) bond motifs is 3. The number of aromatic nitrogens is 2. The van der Waals surface area contributed by atoms with Gasteiger partial charge in [0.1, 0.15) is 5.75 Å². The second-order valence-electron chi connectivity index (χ2n) is 7.33. The Kier molecular flexibility index (Phi) is 5.43. The number of ether oxygens (including phenoxy) is 1. The van der Waals surface area contributed by atoms with Gasteiger partial charge in [0.15, 0.2) is 0 Å². The quantitative estimate of drug-likeness (QED) is 0.308.